The molecule has 0 unspecified atom stereocenters. The van der Waals surface area contributed by atoms with Crippen LogP contribution in [0.25, 0.3) is 11.3 Å². The van der Waals surface area contributed by atoms with Gasteiger partial charge in [0.25, 0.3) is 5.91 Å². The molecule has 0 bridgehead atoms. The first-order valence-electron chi connectivity index (χ1n) is 11.8. The van der Waals surface area contributed by atoms with Crippen LogP contribution in [0.4, 0.5) is 0 Å². The molecule has 182 valence electrons. The van der Waals surface area contributed by atoms with Crippen molar-refractivity contribution in [3.63, 3.8) is 0 Å². The Morgan fingerprint density at radius 2 is 1.91 bits per heavy atom. The van der Waals surface area contributed by atoms with Gasteiger partial charge in [0.2, 0.25) is 11.8 Å². The minimum atomic E-state index is -1.92. The molecule has 8 nitrogen and oxygen atoms in total. The first-order chi connectivity index (χ1) is 16.0. The molecule has 0 aliphatic heterocycles. The maximum Gasteiger partial charge on any atom is 0.273 e. The Hall–Kier alpha value is -2.78. The van der Waals surface area contributed by atoms with E-state index in [2.05, 4.69) is 54.5 Å². The number of benzene rings is 1. The van der Waals surface area contributed by atoms with Gasteiger partial charge in [-0.1, -0.05) is 56.3 Å². The van der Waals surface area contributed by atoms with E-state index in [4.69, 9.17) is 13.4 Å². The van der Waals surface area contributed by atoms with E-state index >= 15 is 0 Å². The molecule has 3 aromatic rings. The first kappa shape index (κ1) is 24.3. The number of hydrogen-bond donors (Lipinski definition) is 1. The predicted octanol–water partition coefficient (Wildman–Crippen LogP) is 5.56. The summed E-state index contributed by atoms with van der Waals surface area (Å²) < 4.78 is 17.6. The Bertz CT molecular complexity index is 1110. The van der Waals surface area contributed by atoms with Gasteiger partial charge in [-0.05, 0) is 43.8 Å². The maximum absolute atomic E-state index is 12.5. The number of rotatable bonds is 8. The van der Waals surface area contributed by atoms with E-state index in [-0.39, 0.29) is 23.1 Å². The second-order valence-corrected chi connectivity index (χ2v) is 15.5. The molecule has 1 amide bonds. The molecule has 1 N–H and O–H groups in total. The van der Waals surface area contributed by atoms with Gasteiger partial charge in [0, 0.05) is 24.1 Å². The van der Waals surface area contributed by atoms with Crippen LogP contribution >= 0.6 is 0 Å². The van der Waals surface area contributed by atoms with Crippen molar-refractivity contribution in [2.75, 3.05) is 0 Å². The Kier molecular flexibility index (Phi) is 6.77. The molecule has 0 saturated heterocycles. The van der Waals surface area contributed by atoms with Gasteiger partial charge in [-0.2, -0.15) is 0 Å². The van der Waals surface area contributed by atoms with Crippen molar-refractivity contribution in [3.05, 3.63) is 53.9 Å². The molecule has 2 heterocycles. The Labute approximate surface area is 201 Å². The highest BCUT2D eigenvalue weighted by atomic mass is 28.4. The number of carbonyl (C=O) groups excluding carboxylic acids is 1. The number of amides is 1. The zero-order valence-corrected chi connectivity index (χ0v) is 21.8. The Balaban J connectivity index is 1.24. The van der Waals surface area contributed by atoms with Crippen LogP contribution in [-0.2, 0) is 10.8 Å². The summed E-state index contributed by atoms with van der Waals surface area (Å²) in [6.07, 6.45) is 2.21. The third-order valence-electron chi connectivity index (χ3n) is 6.94. The van der Waals surface area contributed by atoms with Crippen molar-refractivity contribution in [1.82, 2.24) is 20.7 Å². The van der Waals surface area contributed by atoms with Gasteiger partial charge in [0.05, 0.1) is 0 Å². The van der Waals surface area contributed by atoms with E-state index in [1.165, 1.54) is 0 Å². The summed E-state index contributed by atoms with van der Waals surface area (Å²) >= 11 is 0. The summed E-state index contributed by atoms with van der Waals surface area (Å²) in [5.74, 6) is 1.92. The average molecular weight is 483 g/mol. The number of nitrogens with zero attached hydrogens (tertiary/aromatic N) is 3. The van der Waals surface area contributed by atoms with Gasteiger partial charge in [-0.25, -0.2) is 0 Å². The fourth-order valence-corrected chi connectivity index (χ4v) is 5.17. The number of aromatic nitrogens is 3. The van der Waals surface area contributed by atoms with E-state index in [1.54, 1.807) is 6.07 Å². The summed E-state index contributed by atoms with van der Waals surface area (Å²) in [7, 11) is -1.92. The lowest BCUT2D eigenvalue weighted by Crippen LogP contribution is -2.45. The molecule has 1 aliphatic carbocycles. The number of nitrogens with one attached hydrogen (secondary N) is 1. The molecule has 2 aromatic heterocycles. The van der Waals surface area contributed by atoms with Crippen LogP contribution in [0.15, 0.2) is 45.3 Å². The summed E-state index contributed by atoms with van der Waals surface area (Å²) in [4.78, 5) is 12.5. The zero-order valence-electron chi connectivity index (χ0n) is 20.8. The van der Waals surface area contributed by atoms with E-state index in [1.807, 2.05) is 37.3 Å². The van der Waals surface area contributed by atoms with Gasteiger partial charge in [0.15, 0.2) is 19.8 Å². The number of hydrogen-bond acceptors (Lipinski definition) is 7. The summed E-state index contributed by atoms with van der Waals surface area (Å²) in [6, 6.07) is 11.4. The molecule has 0 spiro atoms. The second kappa shape index (κ2) is 9.46. The fraction of sp³-hybridized carbons (Fsp3) is 0.520. The monoisotopic (exact) mass is 482 g/mol. The van der Waals surface area contributed by atoms with E-state index in [0.29, 0.717) is 35.6 Å². The van der Waals surface area contributed by atoms with Crippen molar-refractivity contribution in [1.29, 1.82) is 0 Å². The summed E-state index contributed by atoms with van der Waals surface area (Å²) in [5.41, 5.74) is 1.18. The van der Waals surface area contributed by atoms with E-state index in [0.717, 1.165) is 18.4 Å². The van der Waals surface area contributed by atoms with Crippen molar-refractivity contribution >= 4 is 14.2 Å². The van der Waals surface area contributed by atoms with Crippen LogP contribution in [0.2, 0.25) is 18.1 Å². The normalized spacial score (nSPS) is 19.5. The molecule has 0 radical (unpaired) electrons. The fourth-order valence-electron chi connectivity index (χ4n) is 3.83. The van der Waals surface area contributed by atoms with Gasteiger partial charge < -0.3 is 18.7 Å². The Morgan fingerprint density at radius 3 is 2.59 bits per heavy atom. The number of carbonyl (C=O) groups is 1. The molecule has 1 saturated carbocycles. The lowest BCUT2D eigenvalue weighted by molar-refractivity contribution is 0.0877. The lowest BCUT2D eigenvalue weighted by atomic mass is 9.78. The van der Waals surface area contributed by atoms with Crippen LogP contribution in [0.1, 0.15) is 68.9 Å². The van der Waals surface area contributed by atoms with Gasteiger partial charge >= 0.3 is 0 Å². The molecular formula is C25H34N4O4Si. The minimum Gasteiger partial charge on any atom is -0.422 e. The molecule has 4 rings (SSSR count). The second-order valence-electron chi connectivity index (χ2n) is 10.7. The van der Waals surface area contributed by atoms with Crippen LogP contribution < -0.4 is 5.32 Å². The molecule has 1 fully saturated rings. The minimum absolute atomic E-state index is 0.109. The largest absolute Gasteiger partial charge is 0.422 e. The quantitative estimate of drug-likeness (QED) is 0.419. The third-order valence-corrected chi connectivity index (χ3v) is 11.5. The smallest absolute Gasteiger partial charge is 0.273 e. The summed E-state index contributed by atoms with van der Waals surface area (Å²) in [5, 5.41) is 15.5. The van der Waals surface area contributed by atoms with Crippen molar-refractivity contribution in [3.8, 4) is 11.3 Å². The average Bonchev–Trinajstić information content (AvgIpc) is 3.42. The molecule has 9 heteroatoms. The highest BCUT2D eigenvalue weighted by Gasteiger charge is 2.39. The van der Waals surface area contributed by atoms with Gasteiger partial charge in [-0.15, -0.1) is 10.2 Å². The highest BCUT2D eigenvalue weighted by Crippen LogP contribution is 2.39. The summed E-state index contributed by atoms with van der Waals surface area (Å²) in [6.45, 7) is 13.0. The van der Waals surface area contributed by atoms with E-state index < -0.39 is 8.32 Å². The van der Waals surface area contributed by atoms with E-state index in [9.17, 15) is 4.79 Å². The van der Waals surface area contributed by atoms with Crippen LogP contribution in [-0.4, -0.2) is 35.6 Å². The maximum atomic E-state index is 12.5. The van der Waals surface area contributed by atoms with Crippen molar-refractivity contribution < 1.29 is 18.2 Å². The van der Waals surface area contributed by atoms with Crippen molar-refractivity contribution in [2.45, 2.75) is 77.2 Å². The molecule has 1 aromatic carbocycles. The molecule has 34 heavy (non-hydrogen) atoms. The highest BCUT2D eigenvalue weighted by molar-refractivity contribution is 6.74. The molecule has 1 atom stereocenters. The third kappa shape index (κ3) is 5.47. The van der Waals surface area contributed by atoms with Crippen LogP contribution in [0, 0.1) is 5.92 Å². The topological polar surface area (TPSA) is 103 Å². The van der Waals surface area contributed by atoms with Crippen LogP contribution in [0.3, 0.4) is 0 Å². The van der Waals surface area contributed by atoms with Gasteiger partial charge in [0.1, 0.15) is 6.10 Å². The zero-order chi connectivity index (χ0) is 24.5. The molecule has 1 aliphatic rings. The Morgan fingerprint density at radius 1 is 1.21 bits per heavy atom. The predicted molar refractivity (Wildman–Crippen MR) is 131 cm³/mol. The molecular weight excluding hydrogens is 448 g/mol. The lowest BCUT2D eigenvalue weighted by Gasteiger charge is -2.37. The van der Waals surface area contributed by atoms with Crippen molar-refractivity contribution in [2.24, 2.45) is 5.92 Å². The van der Waals surface area contributed by atoms with Crippen LogP contribution in [0.5, 0.6) is 0 Å². The SMILES string of the molecule is C[C@@H](O[Si](C)(C)C(C)(C)C)c1nnc(CC2CC(NC(=O)c3cc(-c4ccccc4)on3)C2)o1. The standard InChI is InChI=1S/C25H34N4O4Si/c1-16(33-34(5,6)25(2,3)4)24-28-27-22(31-24)14-17-12-19(13-17)26-23(30)20-15-21(32-29-20)18-10-8-7-9-11-18/h7-11,15-17,19H,12-14H2,1-6H3,(H,26,30)/t16-,17?,19?/m1/s1. The first-order valence-corrected chi connectivity index (χ1v) is 14.8. The van der Waals surface area contributed by atoms with Gasteiger partial charge in [-0.3, -0.25) is 4.79 Å².